The Bertz CT molecular complexity index is 580. The molecule has 0 amide bonds. The average Bonchev–Trinajstić information content (AvgIpc) is 2.85. The molecule has 4 heteroatoms. The molecule has 0 radical (unpaired) electrons. The van der Waals surface area contributed by atoms with E-state index in [0.29, 0.717) is 17.1 Å². The van der Waals surface area contributed by atoms with Gasteiger partial charge in [-0.15, -0.1) is 0 Å². The quantitative estimate of drug-likeness (QED) is 0.901. The van der Waals surface area contributed by atoms with Crippen LogP contribution in [0.15, 0.2) is 34.7 Å². The summed E-state index contributed by atoms with van der Waals surface area (Å²) in [6.45, 7) is 5.56. The van der Waals surface area contributed by atoms with Crippen LogP contribution in [-0.4, -0.2) is 6.04 Å². The lowest BCUT2D eigenvalue weighted by Crippen LogP contribution is -2.31. The lowest BCUT2D eigenvalue weighted by atomic mass is 10.1. The second-order valence-corrected chi connectivity index (χ2v) is 4.97. The molecule has 1 heterocycles. The fraction of sp³-hybridized carbons (Fsp3) is 0.375. The summed E-state index contributed by atoms with van der Waals surface area (Å²) in [5.41, 5.74) is 6.68. The Balaban J connectivity index is 2.25. The van der Waals surface area contributed by atoms with Gasteiger partial charge in [0, 0.05) is 12.1 Å². The van der Waals surface area contributed by atoms with E-state index in [1.54, 1.807) is 19.1 Å². The molecule has 0 saturated carbocycles. The first-order valence-corrected chi connectivity index (χ1v) is 6.76. The molecular weight excluding hydrogens is 257 g/mol. The second kappa shape index (κ2) is 6.09. The number of rotatable bonds is 5. The molecule has 2 rings (SSSR count). The third kappa shape index (κ3) is 3.20. The normalized spacial score (nSPS) is 14.1. The van der Waals surface area contributed by atoms with Crippen molar-refractivity contribution in [2.75, 3.05) is 0 Å². The Morgan fingerprint density at radius 1 is 1.25 bits per heavy atom. The monoisotopic (exact) mass is 277 g/mol. The van der Waals surface area contributed by atoms with Crippen molar-refractivity contribution in [3.63, 3.8) is 0 Å². The van der Waals surface area contributed by atoms with Crippen LogP contribution in [0.2, 0.25) is 0 Å². The largest absolute Gasteiger partial charge is 0.481 e. The first kappa shape index (κ1) is 14.6. The molecule has 2 atom stereocenters. The van der Waals surface area contributed by atoms with E-state index >= 15 is 0 Å². The zero-order valence-corrected chi connectivity index (χ0v) is 12.0. The van der Waals surface area contributed by atoms with E-state index in [0.717, 1.165) is 12.2 Å². The summed E-state index contributed by atoms with van der Waals surface area (Å²) in [4.78, 5) is 0. The zero-order valence-electron chi connectivity index (χ0n) is 12.0. The van der Waals surface area contributed by atoms with E-state index in [-0.39, 0.29) is 11.9 Å². The summed E-state index contributed by atoms with van der Waals surface area (Å²) in [6, 6.07) is 8.30. The molecule has 20 heavy (non-hydrogen) atoms. The first-order chi connectivity index (χ1) is 9.51. The second-order valence-electron chi connectivity index (χ2n) is 4.97. The molecule has 0 saturated heterocycles. The number of halogens is 1. The molecule has 0 spiro atoms. The highest BCUT2D eigenvalue weighted by Crippen LogP contribution is 2.27. The van der Waals surface area contributed by atoms with Gasteiger partial charge in [-0.05, 0) is 44.0 Å². The SMILES string of the molecule is CCC(N)C(Oc1ccc(C)c(F)c1)c1ccc(C)o1. The lowest BCUT2D eigenvalue weighted by molar-refractivity contribution is 0.143. The van der Waals surface area contributed by atoms with Crippen LogP contribution < -0.4 is 10.5 Å². The standard InChI is InChI=1S/C16H20FNO2/c1-4-14(18)16(15-8-6-11(3)19-15)20-12-7-5-10(2)13(17)9-12/h5-9,14,16H,4,18H2,1-3H3. The Kier molecular flexibility index (Phi) is 4.45. The van der Waals surface area contributed by atoms with Crippen LogP contribution in [0.1, 0.15) is 36.5 Å². The van der Waals surface area contributed by atoms with Gasteiger partial charge < -0.3 is 14.9 Å². The van der Waals surface area contributed by atoms with Gasteiger partial charge in [0.25, 0.3) is 0 Å². The van der Waals surface area contributed by atoms with E-state index in [1.807, 2.05) is 26.0 Å². The number of furan rings is 1. The minimum absolute atomic E-state index is 0.218. The maximum absolute atomic E-state index is 13.6. The minimum Gasteiger partial charge on any atom is -0.481 e. The van der Waals surface area contributed by atoms with Gasteiger partial charge in [0.2, 0.25) is 0 Å². The summed E-state index contributed by atoms with van der Waals surface area (Å²) < 4.78 is 25.0. The molecule has 108 valence electrons. The van der Waals surface area contributed by atoms with Crippen molar-refractivity contribution in [3.05, 3.63) is 53.2 Å². The van der Waals surface area contributed by atoms with Gasteiger partial charge >= 0.3 is 0 Å². The highest BCUT2D eigenvalue weighted by molar-refractivity contribution is 5.29. The summed E-state index contributed by atoms with van der Waals surface area (Å²) >= 11 is 0. The molecular formula is C16H20FNO2. The van der Waals surface area contributed by atoms with Gasteiger partial charge in [0.05, 0.1) is 0 Å². The molecule has 0 bridgehead atoms. The summed E-state index contributed by atoms with van der Waals surface area (Å²) in [5.74, 6) is 1.63. The zero-order chi connectivity index (χ0) is 14.7. The van der Waals surface area contributed by atoms with Crippen molar-refractivity contribution in [2.24, 2.45) is 5.73 Å². The van der Waals surface area contributed by atoms with Crippen LogP contribution in [0.25, 0.3) is 0 Å². The number of aryl methyl sites for hydroxylation is 2. The molecule has 1 aromatic heterocycles. The van der Waals surface area contributed by atoms with Gasteiger partial charge in [-0.2, -0.15) is 0 Å². The van der Waals surface area contributed by atoms with Crippen LogP contribution in [0.5, 0.6) is 5.75 Å². The van der Waals surface area contributed by atoms with Crippen molar-refractivity contribution >= 4 is 0 Å². The third-order valence-corrected chi connectivity index (χ3v) is 3.31. The van der Waals surface area contributed by atoms with Crippen LogP contribution in [-0.2, 0) is 0 Å². The highest BCUT2D eigenvalue weighted by Gasteiger charge is 2.24. The van der Waals surface area contributed by atoms with Crippen LogP contribution in [0.3, 0.4) is 0 Å². The molecule has 0 aliphatic carbocycles. The number of hydrogen-bond acceptors (Lipinski definition) is 3. The predicted molar refractivity (Wildman–Crippen MR) is 76.2 cm³/mol. The van der Waals surface area contributed by atoms with Gasteiger partial charge in [0.1, 0.15) is 23.1 Å². The van der Waals surface area contributed by atoms with E-state index in [4.69, 9.17) is 14.9 Å². The van der Waals surface area contributed by atoms with E-state index in [2.05, 4.69) is 0 Å². The Hall–Kier alpha value is -1.81. The molecule has 2 N–H and O–H groups in total. The Labute approximate surface area is 118 Å². The van der Waals surface area contributed by atoms with Crippen molar-refractivity contribution in [1.82, 2.24) is 0 Å². The van der Waals surface area contributed by atoms with Crippen molar-refractivity contribution in [2.45, 2.75) is 39.3 Å². The number of nitrogens with two attached hydrogens (primary N) is 1. The minimum atomic E-state index is -0.421. The number of benzene rings is 1. The van der Waals surface area contributed by atoms with Crippen LogP contribution in [0, 0.1) is 19.7 Å². The lowest BCUT2D eigenvalue weighted by Gasteiger charge is -2.22. The van der Waals surface area contributed by atoms with Crippen molar-refractivity contribution in [1.29, 1.82) is 0 Å². The Morgan fingerprint density at radius 2 is 2.00 bits per heavy atom. The molecule has 0 aliphatic heterocycles. The predicted octanol–water partition coefficient (Wildman–Crippen LogP) is 3.89. The topological polar surface area (TPSA) is 48.4 Å². The fourth-order valence-corrected chi connectivity index (χ4v) is 1.97. The third-order valence-electron chi connectivity index (χ3n) is 3.31. The molecule has 0 aliphatic rings. The van der Waals surface area contributed by atoms with Gasteiger partial charge in [-0.1, -0.05) is 13.0 Å². The van der Waals surface area contributed by atoms with E-state index in [1.165, 1.54) is 6.07 Å². The van der Waals surface area contributed by atoms with Crippen molar-refractivity contribution in [3.8, 4) is 5.75 Å². The molecule has 2 aromatic rings. The molecule has 3 nitrogen and oxygen atoms in total. The highest BCUT2D eigenvalue weighted by atomic mass is 19.1. The summed E-state index contributed by atoms with van der Waals surface area (Å²) in [6.07, 6.45) is 0.314. The van der Waals surface area contributed by atoms with Gasteiger partial charge in [-0.25, -0.2) is 4.39 Å². The molecule has 1 aromatic carbocycles. The van der Waals surface area contributed by atoms with Crippen LogP contribution >= 0.6 is 0 Å². The maximum atomic E-state index is 13.6. The van der Waals surface area contributed by atoms with Crippen molar-refractivity contribution < 1.29 is 13.5 Å². The average molecular weight is 277 g/mol. The molecule has 0 fully saturated rings. The summed E-state index contributed by atoms with van der Waals surface area (Å²) in [5, 5.41) is 0. The molecule has 2 unspecified atom stereocenters. The number of ether oxygens (including phenoxy) is 1. The summed E-state index contributed by atoms with van der Waals surface area (Å²) in [7, 11) is 0. The van der Waals surface area contributed by atoms with Gasteiger partial charge in [-0.3, -0.25) is 0 Å². The fourth-order valence-electron chi connectivity index (χ4n) is 1.97. The van der Waals surface area contributed by atoms with E-state index < -0.39 is 6.10 Å². The maximum Gasteiger partial charge on any atom is 0.171 e. The Morgan fingerprint density at radius 3 is 2.55 bits per heavy atom. The smallest absolute Gasteiger partial charge is 0.171 e. The van der Waals surface area contributed by atoms with Crippen LogP contribution in [0.4, 0.5) is 4.39 Å². The van der Waals surface area contributed by atoms with E-state index in [9.17, 15) is 4.39 Å². The van der Waals surface area contributed by atoms with Gasteiger partial charge in [0.15, 0.2) is 6.10 Å². The number of hydrogen-bond donors (Lipinski definition) is 1. The first-order valence-electron chi connectivity index (χ1n) is 6.76.